The van der Waals surface area contributed by atoms with E-state index in [4.69, 9.17) is 0 Å². The maximum absolute atomic E-state index is 15.0. The molecule has 1 aromatic heterocycles. The maximum atomic E-state index is 15.0. The minimum atomic E-state index is -3.51. The zero-order valence-corrected chi connectivity index (χ0v) is 21.1. The summed E-state index contributed by atoms with van der Waals surface area (Å²) in [6.45, 7) is 0.0115. The summed E-state index contributed by atoms with van der Waals surface area (Å²) in [5.41, 5.74) is 0.546. The summed E-state index contributed by atoms with van der Waals surface area (Å²) in [5, 5.41) is 3.30. The highest BCUT2D eigenvalue weighted by atomic mass is 32.2. The highest BCUT2D eigenvalue weighted by Crippen LogP contribution is 2.50. The molecule has 2 atom stereocenters. The molecule has 0 radical (unpaired) electrons. The number of carbonyl (C=O) groups is 2. The van der Waals surface area contributed by atoms with E-state index < -0.39 is 32.9 Å². The quantitative estimate of drug-likeness (QED) is 0.671. The highest BCUT2D eigenvalue weighted by molar-refractivity contribution is 7.90. The molecule has 0 saturated heterocycles. The molecule has 8 nitrogen and oxygen atoms in total. The van der Waals surface area contributed by atoms with Crippen molar-refractivity contribution in [2.45, 2.75) is 6.04 Å². The van der Waals surface area contributed by atoms with Gasteiger partial charge in [-0.3, -0.25) is 9.59 Å². The van der Waals surface area contributed by atoms with Crippen LogP contribution in [0.5, 0.6) is 0 Å². The Kier molecular flexibility index (Phi) is 5.40. The van der Waals surface area contributed by atoms with E-state index in [1.54, 1.807) is 44.1 Å². The van der Waals surface area contributed by atoms with Crippen molar-refractivity contribution in [2.24, 2.45) is 12.5 Å². The van der Waals surface area contributed by atoms with Crippen LogP contribution in [0, 0.1) is 17.0 Å². The summed E-state index contributed by atoms with van der Waals surface area (Å²) in [6.07, 6.45) is 6.14. The fourth-order valence-electron chi connectivity index (χ4n) is 5.49. The first-order valence-corrected chi connectivity index (χ1v) is 13.4. The number of likely N-dealkylation sites (N-methyl/N-ethyl adjacent to an activating group) is 1. The van der Waals surface area contributed by atoms with Gasteiger partial charge in [0, 0.05) is 58.3 Å². The lowest BCUT2D eigenvalue weighted by Crippen LogP contribution is -2.59. The fraction of sp³-hybridized carbons (Fsp3) is 0.360. The molecule has 0 saturated carbocycles. The fourth-order valence-corrected chi connectivity index (χ4v) is 6.30. The van der Waals surface area contributed by atoms with Gasteiger partial charge in [0.15, 0.2) is 15.6 Å². The molecular formula is C25H26F2N4O4S. The predicted octanol–water partition coefficient (Wildman–Crippen LogP) is 2.24. The SMILES string of the molecule is CN(C)C(=O)C1C=C2C(CS(C)(=O)=O)=Cc3cn(C)c4c3C(=O)C2(CN4)CN1c1ccc(F)cc1F. The van der Waals surface area contributed by atoms with Crippen LogP contribution in [0.1, 0.15) is 15.9 Å². The molecule has 1 N–H and O–H groups in total. The molecule has 0 fully saturated rings. The van der Waals surface area contributed by atoms with Crippen LogP contribution in [0.3, 0.4) is 0 Å². The molecule has 2 unspecified atom stereocenters. The minimum absolute atomic E-state index is 0.0222. The van der Waals surface area contributed by atoms with Gasteiger partial charge in [-0.05, 0) is 35.4 Å². The average molecular weight is 517 g/mol. The Labute approximate surface area is 207 Å². The molecule has 190 valence electrons. The summed E-state index contributed by atoms with van der Waals surface area (Å²) < 4.78 is 55.4. The molecular weight excluding hydrogens is 490 g/mol. The Morgan fingerprint density at radius 1 is 1.28 bits per heavy atom. The lowest BCUT2D eigenvalue weighted by atomic mass is 9.68. The summed E-state index contributed by atoms with van der Waals surface area (Å²) in [6, 6.07) is 2.05. The Morgan fingerprint density at radius 2 is 2.00 bits per heavy atom. The van der Waals surface area contributed by atoms with E-state index in [-0.39, 0.29) is 36.2 Å². The molecule has 2 bridgehead atoms. The number of anilines is 2. The molecule has 1 aliphatic carbocycles. The number of hydrogen-bond donors (Lipinski definition) is 1. The Bertz CT molecular complexity index is 1490. The van der Waals surface area contributed by atoms with Gasteiger partial charge in [-0.1, -0.05) is 0 Å². The van der Waals surface area contributed by atoms with Crippen molar-refractivity contribution in [1.29, 1.82) is 0 Å². The molecule has 1 aromatic carbocycles. The van der Waals surface area contributed by atoms with Crippen LogP contribution in [0.25, 0.3) is 6.08 Å². The standard InChI is InChI=1S/C25H26F2N4O4S/c1-29(2)24(33)20-9-17-15(11-36(4,34)35)7-14-10-30(3)23-21(14)22(32)25(17,12-28-23)13-31(20)19-6-5-16(26)8-18(19)27/h5-10,20,28H,11-13H2,1-4H3. The molecule has 3 heterocycles. The van der Waals surface area contributed by atoms with E-state index in [2.05, 4.69) is 5.32 Å². The van der Waals surface area contributed by atoms with Gasteiger partial charge in [0.2, 0.25) is 5.91 Å². The van der Waals surface area contributed by atoms with E-state index >= 15 is 4.39 Å². The van der Waals surface area contributed by atoms with Crippen molar-refractivity contribution < 1.29 is 26.8 Å². The van der Waals surface area contributed by atoms with Crippen LogP contribution in [0.2, 0.25) is 0 Å². The van der Waals surface area contributed by atoms with Crippen LogP contribution in [-0.4, -0.2) is 74.8 Å². The van der Waals surface area contributed by atoms with Crippen molar-refractivity contribution in [2.75, 3.05) is 49.4 Å². The normalized spacial score (nSPS) is 22.8. The molecule has 2 aliphatic heterocycles. The Morgan fingerprint density at radius 3 is 2.64 bits per heavy atom. The van der Waals surface area contributed by atoms with Crippen molar-refractivity contribution in [3.63, 3.8) is 0 Å². The second-order valence-electron chi connectivity index (χ2n) is 9.90. The van der Waals surface area contributed by atoms with E-state index in [1.165, 1.54) is 15.9 Å². The van der Waals surface area contributed by atoms with Gasteiger partial charge in [0.1, 0.15) is 23.5 Å². The van der Waals surface area contributed by atoms with Crippen LogP contribution >= 0.6 is 0 Å². The molecule has 5 rings (SSSR count). The largest absolute Gasteiger partial charge is 0.369 e. The number of aromatic nitrogens is 1. The number of nitrogens with one attached hydrogen (secondary N) is 1. The zero-order valence-electron chi connectivity index (χ0n) is 20.3. The molecule has 1 spiro atoms. The van der Waals surface area contributed by atoms with Gasteiger partial charge in [-0.15, -0.1) is 0 Å². The first-order chi connectivity index (χ1) is 16.8. The van der Waals surface area contributed by atoms with Crippen LogP contribution < -0.4 is 10.2 Å². The van der Waals surface area contributed by atoms with E-state index in [0.29, 0.717) is 28.1 Å². The third-order valence-corrected chi connectivity index (χ3v) is 7.89. The lowest BCUT2D eigenvalue weighted by Gasteiger charge is -2.48. The van der Waals surface area contributed by atoms with Crippen molar-refractivity contribution in [3.8, 4) is 0 Å². The number of ketones is 1. The number of carbonyl (C=O) groups excluding carboxylic acids is 2. The Hall–Kier alpha value is -3.47. The van der Waals surface area contributed by atoms with Crippen molar-refractivity contribution in [1.82, 2.24) is 9.47 Å². The number of Topliss-reactive ketones (excluding diaryl/α,β-unsaturated/α-hetero) is 1. The van der Waals surface area contributed by atoms with Gasteiger partial charge < -0.3 is 19.7 Å². The third-order valence-electron chi connectivity index (χ3n) is 7.05. The highest BCUT2D eigenvalue weighted by Gasteiger charge is 2.54. The molecule has 36 heavy (non-hydrogen) atoms. The van der Waals surface area contributed by atoms with Crippen LogP contribution in [0.4, 0.5) is 20.3 Å². The predicted molar refractivity (Wildman–Crippen MR) is 133 cm³/mol. The maximum Gasteiger partial charge on any atom is 0.248 e. The van der Waals surface area contributed by atoms with Crippen LogP contribution in [-0.2, 0) is 21.7 Å². The number of halogens is 2. The second kappa shape index (κ2) is 8.02. The summed E-state index contributed by atoms with van der Waals surface area (Å²) in [5.74, 6) is -1.97. The average Bonchev–Trinajstić information content (AvgIpc) is 3.07. The first kappa shape index (κ1) is 24.2. The lowest BCUT2D eigenvalue weighted by molar-refractivity contribution is -0.129. The molecule has 3 aliphatic rings. The number of benzene rings is 1. The molecule has 2 aromatic rings. The van der Waals surface area contributed by atoms with Gasteiger partial charge >= 0.3 is 0 Å². The first-order valence-electron chi connectivity index (χ1n) is 11.3. The van der Waals surface area contributed by atoms with Gasteiger partial charge in [0.05, 0.1) is 22.4 Å². The monoisotopic (exact) mass is 516 g/mol. The van der Waals surface area contributed by atoms with Crippen molar-refractivity contribution in [3.05, 3.63) is 64.4 Å². The van der Waals surface area contributed by atoms with Crippen LogP contribution in [0.15, 0.2) is 41.6 Å². The van der Waals surface area contributed by atoms with Gasteiger partial charge in [0.25, 0.3) is 0 Å². The molecule has 1 amide bonds. The van der Waals surface area contributed by atoms with E-state index in [0.717, 1.165) is 18.4 Å². The van der Waals surface area contributed by atoms with E-state index in [1.807, 2.05) is 0 Å². The zero-order chi connectivity index (χ0) is 26.2. The number of hydrogen-bond acceptors (Lipinski definition) is 6. The Balaban J connectivity index is 1.79. The summed E-state index contributed by atoms with van der Waals surface area (Å²) in [7, 11) is 1.39. The van der Waals surface area contributed by atoms with Crippen molar-refractivity contribution >= 4 is 39.1 Å². The number of sulfone groups is 1. The molecule has 11 heteroatoms. The van der Waals surface area contributed by atoms with Gasteiger partial charge in [-0.25, -0.2) is 17.2 Å². The number of nitrogens with zero attached hydrogens (tertiary/aromatic N) is 3. The minimum Gasteiger partial charge on any atom is -0.369 e. The van der Waals surface area contributed by atoms with E-state index in [9.17, 15) is 22.4 Å². The number of amides is 1. The summed E-state index contributed by atoms with van der Waals surface area (Å²) in [4.78, 5) is 30.3. The number of aryl methyl sites for hydroxylation is 1. The second-order valence-corrected chi connectivity index (χ2v) is 12.0. The smallest absolute Gasteiger partial charge is 0.248 e. The number of rotatable bonds is 4. The van der Waals surface area contributed by atoms with Gasteiger partial charge in [-0.2, -0.15) is 0 Å². The third kappa shape index (κ3) is 3.64. The summed E-state index contributed by atoms with van der Waals surface area (Å²) >= 11 is 0. The topological polar surface area (TPSA) is 91.7 Å².